The lowest BCUT2D eigenvalue weighted by Crippen LogP contribution is -2.53. The Labute approximate surface area is 244 Å². The SMILES string of the molecule is CC(C)(CNC(=O)[C@@H]1c2ccccc2C(=O)N([C@H]2CC[C@H](O)CC2)[C@H]1c1ccc(Cl)cc1Cl)c1ccc(F)cc1. The van der Waals surface area contributed by atoms with Crippen molar-refractivity contribution in [1.82, 2.24) is 10.2 Å². The molecule has 5 nitrogen and oxygen atoms in total. The summed E-state index contributed by atoms with van der Waals surface area (Å²) in [5, 5.41) is 14.2. The number of nitrogens with one attached hydrogen (secondary N) is 1. The van der Waals surface area contributed by atoms with Crippen LogP contribution >= 0.6 is 23.2 Å². The molecule has 2 N–H and O–H groups in total. The average Bonchev–Trinajstić information content (AvgIpc) is 2.93. The number of fused-ring (bicyclic) bond motifs is 1. The molecule has 2 atom stereocenters. The zero-order valence-corrected chi connectivity index (χ0v) is 24.1. The van der Waals surface area contributed by atoms with Crippen LogP contribution in [0.5, 0.6) is 0 Å². The number of nitrogens with zero attached hydrogens (tertiary/aromatic N) is 1. The van der Waals surface area contributed by atoms with Crippen molar-refractivity contribution in [3.8, 4) is 0 Å². The van der Waals surface area contributed by atoms with Crippen molar-refractivity contribution in [1.29, 1.82) is 0 Å². The molecule has 2 amide bonds. The van der Waals surface area contributed by atoms with Crippen LogP contribution < -0.4 is 5.32 Å². The Balaban J connectivity index is 1.56. The molecule has 1 heterocycles. The number of halogens is 3. The molecule has 40 heavy (non-hydrogen) atoms. The third-order valence-electron chi connectivity index (χ3n) is 8.33. The summed E-state index contributed by atoms with van der Waals surface area (Å²) in [5.41, 5.74) is 2.21. The summed E-state index contributed by atoms with van der Waals surface area (Å²) in [4.78, 5) is 30.1. The predicted octanol–water partition coefficient (Wildman–Crippen LogP) is 6.81. The summed E-state index contributed by atoms with van der Waals surface area (Å²) in [7, 11) is 0. The van der Waals surface area contributed by atoms with Crippen LogP contribution in [0.4, 0.5) is 4.39 Å². The summed E-state index contributed by atoms with van der Waals surface area (Å²) in [6.45, 7) is 4.29. The Morgan fingerprint density at radius 3 is 2.35 bits per heavy atom. The fraction of sp³-hybridized carbons (Fsp3) is 0.375. The second kappa shape index (κ2) is 11.5. The fourth-order valence-corrected chi connectivity index (χ4v) is 6.59. The van der Waals surface area contributed by atoms with Gasteiger partial charge in [0, 0.05) is 33.6 Å². The third-order valence-corrected chi connectivity index (χ3v) is 8.89. The molecule has 1 aliphatic carbocycles. The number of hydrogen-bond donors (Lipinski definition) is 2. The van der Waals surface area contributed by atoms with E-state index in [9.17, 15) is 19.1 Å². The van der Waals surface area contributed by atoms with Gasteiger partial charge in [-0.25, -0.2) is 4.39 Å². The molecule has 5 rings (SSSR count). The first kappa shape index (κ1) is 28.6. The van der Waals surface area contributed by atoms with Gasteiger partial charge in [-0.05, 0) is 72.7 Å². The molecular weight excluding hydrogens is 550 g/mol. The molecular formula is C32H33Cl2FN2O3. The fourth-order valence-electron chi connectivity index (χ4n) is 6.06. The zero-order valence-electron chi connectivity index (χ0n) is 22.5. The van der Waals surface area contributed by atoms with E-state index in [1.54, 1.807) is 36.4 Å². The van der Waals surface area contributed by atoms with E-state index in [4.69, 9.17) is 23.2 Å². The van der Waals surface area contributed by atoms with Crippen molar-refractivity contribution in [3.63, 3.8) is 0 Å². The molecule has 0 aromatic heterocycles. The number of benzene rings is 3. The van der Waals surface area contributed by atoms with E-state index in [-0.39, 0.29) is 23.7 Å². The van der Waals surface area contributed by atoms with Gasteiger partial charge in [0.15, 0.2) is 0 Å². The number of hydrogen-bond acceptors (Lipinski definition) is 3. The Kier molecular flexibility index (Phi) is 8.23. The third kappa shape index (κ3) is 5.63. The topological polar surface area (TPSA) is 69.6 Å². The van der Waals surface area contributed by atoms with Crippen LogP contribution in [0.2, 0.25) is 10.0 Å². The largest absolute Gasteiger partial charge is 0.393 e. The second-order valence-corrected chi connectivity index (χ2v) is 12.3. The highest BCUT2D eigenvalue weighted by Gasteiger charge is 2.47. The van der Waals surface area contributed by atoms with Crippen LogP contribution in [0.1, 0.15) is 78.5 Å². The Morgan fingerprint density at radius 1 is 1.00 bits per heavy atom. The van der Waals surface area contributed by atoms with Gasteiger partial charge < -0.3 is 15.3 Å². The number of amides is 2. The van der Waals surface area contributed by atoms with Gasteiger partial charge in [0.2, 0.25) is 5.91 Å². The van der Waals surface area contributed by atoms with E-state index < -0.39 is 23.5 Å². The lowest BCUT2D eigenvalue weighted by atomic mass is 9.76. The number of carbonyl (C=O) groups is 2. The normalized spacial score (nSPS) is 23.1. The van der Waals surface area contributed by atoms with Crippen LogP contribution in [-0.4, -0.2) is 40.5 Å². The molecule has 0 bridgehead atoms. The lowest BCUT2D eigenvalue weighted by Gasteiger charge is -2.47. The summed E-state index contributed by atoms with van der Waals surface area (Å²) in [6.07, 6.45) is 2.03. The van der Waals surface area contributed by atoms with Gasteiger partial charge in [0.1, 0.15) is 5.82 Å². The minimum absolute atomic E-state index is 0.149. The first-order chi connectivity index (χ1) is 19.1. The molecule has 1 saturated carbocycles. The van der Waals surface area contributed by atoms with Crippen LogP contribution in [0.15, 0.2) is 66.7 Å². The van der Waals surface area contributed by atoms with Gasteiger partial charge >= 0.3 is 0 Å². The number of carbonyl (C=O) groups excluding carboxylic acids is 2. The van der Waals surface area contributed by atoms with Gasteiger partial charge in [-0.15, -0.1) is 0 Å². The van der Waals surface area contributed by atoms with E-state index in [1.165, 1.54) is 12.1 Å². The highest BCUT2D eigenvalue weighted by Crippen LogP contribution is 2.47. The molecule has 2 aliphatic rings. The van der Waals surface area contributed by atoms with Gasteiger partial charge in [-0.3, -0.25) is 9.59 Å². The quantitative estimate of drug-likeness (QED) is 0.335. The highest BCUT2D eigenvalue weighted by molar-refractivity contribution is 6.35. The maximum absolute atomic E-state index is 14.2. The van der Waals surface area contributed by atoms with Crippen molar-refractivity contribution in [2.24, 2.45) is 0 Å². The lowest BCUT2D eigenvalue weighted by molar-refractivity contribution is -0.124. The number of aliphatic hydroxyl groups excluding tert-OH is 1. The van der Waals surface area contributed by atoms with E-state index in [1.807, 2.05) is 36.9 Å². The summed E-state index contributed by atoms with van der Waals surface area (Å²) in [6, 6.07) is 17.9. The molecule has 210 valence electrons. The molecule has 8 heteroatoms. The van der Waals surface area contributed by atoms with Crippen LogP contribution in [-0.2, 0) is 10.2 Å². The minimum atomic E-state index is -0.733. The Bertz CT molecular complexity index is 1400. The van der Waals surface area contributed by atoms with Crippen LogP contribution in [0, 0.1) is 5.82 Å². The molecule has 0 saturated heterocycles. The van der Waals surface area contributed by atoms with Gasteiger partial charge in [0.05, 0.1) is 18.1 Å². The first-order valence-electron chi connectivity index (χ1n) is 13.6. The maximum atomic E-state index is 14.2. The van der Waals surface area contributed by atoms with E-state index in [2.05, 4.69) is 5.32 Å². The number of rotatable bonds is 6. The molecule has 0 radical (unpaired) electrons. The molecule has 0 unspecified atom stereocenters. The standard InChI is InChI=1S/C32H33Cl2FN2O3/c1-32(2,19-7-10-21(35)11-8-19)18-36-30(39)28-24-5-3-4-6-25(24)31(40)37(22-12-14-23(38)15-13-22)29(28)26-16-9-20(33)17-27(26)34/h3-11,16-17,22-23,28-29,38H,12-15,18H2,1-2H3,(H,36,39)/t22-,23-,28-,29+/m1/s1. The zero-order chi connectivity index (χ0) is 28.6. The van der Waals surface area contributed by atoms with E-state index >= 15 is 0 Å². The minimum Gasteiger partial charge on any atom is -0.393 e. The summed E-state index contributed by atoms with van der Waals surface area (Å²) >= 11 is 13.0. The smallest absolute Gasteiger partial charge is 0.254 e. The Morgan fingerprint density at radius 2 is 1.68 bits per heavy atom. The molecule has 0 spiro atoms. The van der Waals surface area contributed by atoms with E-state index in [0.29, 0.717) is 59.0 Å². The monoisotopic (exact) mass is 582 g/mol. The van der Waals surface area contributed by atoms with Crippen molar-refractivity contribution >= 4 is 35.0 Å². The molecule has 3 aromatic carbocycles. The highest BCUT2D eigenvalue weighted by atomic mass is 35.5. The maximum Gasteiger partial charge on any atom is 0.254 e. The van der Waals surface area contributed by atoms with Crippen molar-refractivity contribution in [2.75, 3.05) is 6.54 Å². The van der Waals surface area contributed by atoms with Crippen LogP contribution in [0.3, 0.4) is 0 Å². The number of aliphatic hydroxyl groups is 1. The Hall–Kier alpha value is -2.93. The summed E-state index contributed by atoms with van der Waals surface area (Å²) < 4.78 is 13.5. The average molecular weight is 584 g/mol. The molecule has 3 aromatic rings. The van der Waals surface area contributed by atoms with Crippen molar-refractivity contribution < 1.29 is 19.1 Å². The van der Waals surface area contributed by atoms with Gasteiger partial charge in [0.25, 0.3) is 5.91 Å². The van der Waals surface area contributed by atoms with Crippen molar-refractivity contribution in [2.45, 2.75) is 69.1 Å². The summed E-state index contributed by atoms with van der Waals surface area (Å²) in [5.74, 6) is -1.43. The first-order valence-corrected chi connectivity index (χ1v) is 14.4. The molecule has 1 fully saturated rings. The van der Waals surface area contributed by atoms with Crippen molar-refractivity contribution in [3.05, 3.63) is 105 Å². The molecule has 1 aliphatic heterocycles. The van der Waals surface area contributed by atoms with Gasteiger partial charge in [-0.1, -0.05) is 73.4 Å². The van der Waals surface area contributed by atoms with Gasteiger partial charge in [-0.2, -0.15) is 0 Å². The predicted molar refractivity (Wildman–Crippen MR) is 155 cm³/mol. The van der Waals surface area contributed by atoms with Crippen LogP contribution in [0.25, 0.3) is 0 Å². The van der Waals surface area contributed by atoms with E-state index in [0.717, 1.165) is 5.56 Å². The second-order valence-electron chi connectivity index (χ2n) is 11.5.